The number of nitrogens with one attached hydrogen (secondary N) is 2. The molecule has 1 aromatic carbocycles. The molecule has 1 aliphatic rings. The largest absolute Gasteiger partial charge is 0.480 e. The monoisotopic (exact) mass is 487 g/mol. The lowest BCUT2D eigenvalue weighted by molar-refractivity contribution is 0.102. The molecule has 174 valence electrons. The summed E-state index contributed by atoms with van der Waals surface area (Å²) < 4.78 is 34.2. The van der Waals surface area contributed by atoms with Gasteiger partial charge in [-0.3, -0.25) is 9.52 Å². The minimum atomic E-state index is -4.04. The minimum absolute atomic E-state index is 0.0699. The van der Waals surface area contributed by atoms with Crippen LogP contribution in [0.2, 0.25) is 0 Å². The molecule has 2 N–H and O–H groups in total. The molecule has 33 heavy (non-hydrogen) atoms. The molecule has 0 spiro atoms. The van der Waals surface area contributed by atoms with E-state index in [1.807, 2.05) is 39.1 Å². The fourth-order valence-electron chi connectivity index (χ4n) is 3.62. The van der Waals surface area contributed by atoms with Gasteiger partial charge < -0.3 is 15.0 Å². The maximum atomic E-state index is 13.2. The fourth-order valence-corrected chi connectivity index (χ4v) is 6.05. The summed E-state index contributed by atoms with van der Waals surface area (Å²) in [5.74, 6) is -0.477. The van der Waals surface area contributed by atoms with Crippen LogP contribution in [0.25, 0.3) is 0 Å². The summed E-state index contributed by atoms with van der Waals surface area (Å²) in [6.45, 7) is 5.30. The molecule has 9 nitrogen and oxygen atoms in total. The van der Waals surface area contributed by atoms with Crippen molar-refractivity contribution in [1.29, 1.82) is 0 Å². The quantitative estimate of drug-likeness (QED) is 0.549. The number of rotatable bonds is 6. The van der Waals surface area contributed by atoms with E-state index in [1.54, 1.807) is 0 Å². The van der Waals surface area contributed by atoms with Crippen molar-refractivity contribution in [1.82, 2.24) is 14.9 Å². The molecule has 11 heteroatoms. The van der Waals surface area contributed by atoms with Gasteiger partial charge in [-0.05, 0) is 38.1 Å². The molecule has 1 amide bonds. The normalized spacial score (nSPS) is 13.9. The Balaban J connectivity index is 1.61. The number of hydrogen-bond donors (Lipinski definition) is 2. The highest BCUT2D eigenvalue weighted by Gasteiger charge is 2.25. The van der Waals surface area contributed by atoms with Gasteiger partial charge in [0.05, 0.1) is 30.4 Å². The first-order valence-corrected chi connectivity index (χ1v) is 12.6. The third-order valence-electron chi connectivity index (χ3n) is 5.39. The number of carbonyl (C=O) groups excluding carboxylic acids is 1. The van der Waals surface area contributed by atoms with E-state index in [0.29, 0.717) is 10.7 Å². The third kappa shape index (κ3) is 4.85. The van der Waals surface area contributed by atoms with Gasteiger partial charge in [-0.25, -0.2) is 18.4 Å². The number of fused-ring (bicyclic) bond motifs is 1. The Bertz CT molecular complexity index is 1300. The van der Waals surface area contributed by atoms with E-state index in [0.717, 1.165) is 41.2 Å². The van der Waals surface area contributed by atoms with Crippen LogP contribution in [-0.2, 0) is 23.0 Å². The standard InChI is InChI=1S/C22H25N5O4S2/c1-13-6-5-7-14(2)19(13)26-33(29,30)18-10-15(11-23-21(18)31-4)24-20(28)22-25-16-8-9-27(3)12-17(16)32-22/h5-7,10-11,26H,8-9,12H2,1-4H3,(H,24,28). The summed E-state index contributed by atoms with van der Waals surface area (Å²) in [6.07, 6.45) is 2.15. The zero-order valence-electron chi connectivity index (χ0n) is 18.8. The number of ether oxygens (including phenoxy) is 1. The molecular weight excluding hydrogens is 462 g/mol. The lowest BCUT2D eigenvalue weighted by Crippen LogP contribution is -2.25. The molecule has 0 aliphatic carbocycles. The van der Waals surface area contributed by atoms with Gasteiger partial charge in [-0.1, -0.05) is 18.2 Å². The summed E-state index contributed by atoms with van der Waals surface area (Å²) >= 11 is 1.35. The van der Waals surface area contributed by atoms with E-state index in [1.165, 1.54) is 30.7 Å². The van der Waals surface area contributed by atoms with Crippen LogP contribution in [0.1, 0.15) is 31.5 Å². The van der Waals surface area contributed by atoms with Gasteiger partial charge in [0.15, 0.2) is 9.90 Å². The number of aromatic nitrogens is 2. The number of thiazole rings is 1. The predicted octanol–water partition coefficient (Wildman–Crippen LogP) is 3.20. The van der Waals surface area contributed by atoms with Gasteiger partial charge in [-0.15, -0.1) is 11.3 Å². The van der Waals surface area contributed by atoms with Gasteiger partial charge in [0, 0.05) is 24.4 Å². The van der Waals surface area contributed by atoms with Crippen LogP contribution in [0, 0.1) is 13.8 Å². The Morgan fingerprint density at radius 1 is 1.24 bits per heavy atom. The molecule has 0 atom stereocenters. The van der Waals surface area contributed by atoms with Gasteiger partial charge in [0.2, 0.25) is 5.88 Å². The smallest absolute Gasteiger partial charge is 0.284 e. The lowest BCUT2D eigenvalue weighted by atomic mass is 10.1. The first kappa shape index (κ1) is 23.1. The van der Waals surface area contributed by atoms with Crippen molar-refractivity contribution >= 4 is 38.6 Å². The van der Waals surface area contributed by atoms with Gasteiger partial charge >= 0.3 is 0 Å². The van der Waals surface area contributed by atoms with Crippen molar-refractivity contribution in [2.75, 3.05) is 30.7 Å². The molecule has 3 heterocycles. The number of amides is 1. The van der Waals surface area contributed by atoms with Crippen LogP contribution in [0.15, 0.2) is 35.4 Å². The third-order valence-corrected chi connectivity index (χ3v) is 7.82. The zero-order chi connectivity index (χ0) is 23.8. The Morgan fingerprint density at radius 2 is 1.97 bits per heavy atom. The van der Waals surface area contributed by atoms with Crippen LogP contribution in [-0.4, -0.2) is 49.9 Å². The molecule has 0 fully saturated rings. The number of aryl methyl sites for hydroxylation is 2. The number of hydrogen-bond acceptors (Lipinski definition) is 8. The number of anilines is 2. The Morgan fingerprint density at radius 3 is 2.67 bits per heavy atom. The van der Waals surface area contributed by atoms with E-state index < -0.39 is 15.9 Å². The highest BCUT2D eigenvalue weighted by atomic mass is 32.2. The number of para-hydroxylation sites is 1. The molecule has 3 aromatic rings. The molecule has 2 aromatic heterocycles. The zero-order valence-corrected chi connectivity index (χ0v) is 20.4. The van der Waals surface area contributed by atoms with Crippen LogP contribution >= 0.6 is 11.3 Å². The number of benzene rings is 1. The Kier molecular flexibility index (Phi) is 6.37. The van der Waals surface area contributed by atoms with Crippen molar-refractivity contribution in [2.45, 2.75) is 31.7 Å². The van der Waals surface area contributed by atoms with Gasteiger partial charge in [-0.2, -0.15) is 0 Å². The molecule has 0 radical (unpaired) electrons. The predicted molar refractivity (Wildman–Crippen MR) is 128 cm³/mol. The second-order valence-corrected chi connectivity index (χ2v) is 10.7. The summed E-state index contributed by atoms with van der Waals surface area (Å²) in [6, 6.07) is 6.83. The summed E-state index contributed by atoms with van der Waals surface area (Å²) in [5, 5.41) is 3.05. The number of likely N-dealkylation sites (N-methyl/N-ethyl adjacent to an activating group) is 1. The van der Waals surface area contributed by atoms with E-state index >= 15 is 0 Å². The first-order valence-electron chi connectivity index (χ1n) is 10.3. The number of sulfonamides is 1. The highest BCUT2D eigenvalue weighted by Crippen LogP contribution is 2.30. The molecular formula is C22H25N5O4S2. The van der Waals surface area contributed by atoms with Gasteiger partial charge in [0.25, 0.3) is 15.9 Å². The lowest BCUT2D eigenvalue weighted by Gasteiger charge is -2.20. The Hall–Kier alpha value is -3.02. The number of pyridine rings is 1. The molecule has 1 aliphatic heterocycles. The minimum Gasteiger partial charge on any atom is -0.480 e. The summed E-state index contributed by atoms with van der Waals surface area (Å²) in [7, 11) is -0.669. The van der Waals surface area contributed by atoms with Crippen LogP contribution < -0.4 is 14.8 Å². The van der Waals surface area contributed by atoms with Crippen molar-refractivity contribution < 1.29 is 17.9 Å². The van der Waals surface area contributed by atoms with E-state index in [2.05, 4.69) is 24.9 Å². The maximum Gasteiger partial charge on any atom is 0.284 e. The van der Waals surface area contributed by atoms with Crippen LogP contribution in [0.5, 0.6) is 5.88 Å². The fraction of sp³-hybridized carbons (Fsp3) is 0.318. The molecule has 0 saturated heterocycles. The molecule has 4 rings (SSSR count). The second kappa shape index (κ2) is 9.08. The van der Waals surface area contributed by atoms with Gasteiger partial charge in [0.1, 0.15) is 0 Å². The molecule has 0 unspecified atom stereocenters. The van der Waals surface area contributed by atoms with E-state index in [9.17, 15) is 13.2 Å². The SMILES string of the molecule is COc1ncc(NC(=O)c2nc3c(s2)CN(C)CC3)cc1S(=O)(=O)Nc1c(C)cccc1C. The van der Waals surface area contributed by atoms with E-state index in [4.69, 9.17) is 4.74 Å². The molecule has 0 saturated carbocycles. The van der Waals surface area contributed by atoms with Crippen molar-refractivity contribution in [3.63, 3.8) is 0 Å². The maximum absolute atomic E-state index is 13.2. The number of methoxy groups -OCH3 is 1. The molecule has 0 bridgehead atoms. The van der Waals surface area contributed by atoms with Crippen LogP contribution in [0.4, 0.5) is 11.4 Å². The number of carbonyl (C=O) groups is 1. The Labute approximate surface area is 196 Å². The van der Waals surface area contributed by atoms with Crippen molar-refractivity contribution in [3.8, 4) is 5.88 Å². The van der Waals surface area contributed by atoms with Crippen molar-refractivity contribution in [2.24, 2.45) is 0 Å². The number of nitrogens with zero attached hydrogens (tertiary/aromatic N) is 3. The summed E-state index contributed by atoms with van der Waals surface area (Å²) in [5.41, 5.74) is 3.24. The second-order valence-electron chi connectivity index (χ2n) is 7.93. The van der Waals surface area contributed by atoms with Crippen molar-refractivity contribution in [3.05, 3.63) is 57.2 Å². The van der Waals surface area contributed by atoms with E-state index in [-0.39, 0.29) is 16.5 Å². The average Bonchev–Trinajstić information content (AvgIpc) is 3.20. The van der Waals surface area contributed by atoms with Crippen LogP contribution in [0.3, 0.4) is 0 Å². The summed E-state index contributed by atoms with van der Waals surface area (Å²) in [4.78, 5) is 24.4. The first-order chi connectivity index (χ1) is 15.7. The highest BCUT2D eigenvalue weighted by molar-refractivity contribution is 7.92. The average molecular weight is 488 g/mol. The topological polar surface area (TPSA) is 114 Å².